The van der Waals surface area contributed by atoms with Gasteiger partial charge in [-0.1, -0.05) is 19.1 Å². The van der Waals surface area contributed by atoms with Crippen molar-refractivity contribution in [3.8, 4) is 5.75 Å². The Bertz CT molecular complexity index is 844. The van der Waals surface area contributed by atoms with Crippen molar-refractivity contribution in [2.75, 3.05) is 0 Å². The lowest BCUT2D eigenvalue weighted by Gasteiger charge is -2.17. The molecule has 0 saturated heterocycles. The molecule has 0 aliphatic rings. The van der Waals surface area contributed by atoms with E-state index in [1.54, 1.807) is 32.9 Å². The third-order valence-electron chi connectivity index (χ3n) is 3.27. The quantitative estimate of drug-likeness (QED) is 0.847. The van der Waals surface area contributed by atoms with Crippen LogP contribution < -0.4 is 9.46 Å². The maximum absolute atomic E-state index is 12.4. The number of aromatic nitrogens is 1. The van der Waals surface area contributed by atoms with E-state index < -0.39 is 22.0 Å². The van der Waals surface area contributed by atoms with Crippen LogP contribution in [0, 0.1) is 20.8 Å². The molecule has 8 heteroatoms. The Hall–Kier alpha value is -1.93. The van der Waals surface area contributed by atoms with E-state index in [1.807, 2.05) is 19.1 Å². The number of thiazole rings is 1. The fourth-order valence-electron chi connectivity index (χ4n) is 2.18. The summed E-state index contributed by atoms with van der Waals surface area (Å²) in [5, 5.41) is 0.628. The number of ether oxygens (including phenoxy) is 1. The van der Waals surface area contributed by atoms with Crippen LogP contribution in [0.5, 0.6) is 5.75 Å². The lowest BCUT2D eigenvalue weighted by Crippen LogP contribution is -2.41. The fourth-order valence-corrected chi connectivity index (χ4v) is 4.68. The number of hydrogen-bond acceptors (Lipinski definition) is 6. The van der Waals surface area contributed by atoms with Crippen molar-refractivity contribution >= 4 is 27.3 Å². The van der Waals surface area contributed by atoms with E-state index in [0.717, 1.165) is 16.9 Å². The van der Waals surface area contributed by atoms with Crippen LogP contribution in [-0.2, 0) is 14.8 Å². The van der Waals surface area contributed by atoms with Crippen molar-refractivity contribution in [1.29, 1.82) is 0 Å². The summed E-state index contributed by atoms with van der Waals surface area (Å²) in [6, 6.07) is 7.25. The monoisotopic (exact) mass is 368 g/mol. The van der Waals surface area contributed by atoms with Crippen molar-refractivity contribution in [2.45, 2.75) is 44.4 Å². The van der Waals surface area contributed by atoms with Gasteiger partial charge in [-0.3, -0.25) is 4.79 Å². The van der Waals surface area contributed by atoms with Crippen molar-refractivity contribution < 1.29 is 17.9 Å². The van der Waals surface area contributed by atoms with Crippen LogP contribution in [0.4, 0.5) is 0 Å². The van der Waals surface area contributed by atoms with E-state index in [-0.39, 0.29) is 4.21 Å². The van der Waals surface area contributed by atoms with Crippen molar-refractivity contribution in [3.63, 3.8) is 0 Å². The molecule has 6 nitrogen and oxygen atoms in total. The Morgan fingerprint density at radius 2 is 2.04 bits per heavy atom. The van der Waals surface area contributed by atoms with Gasteiger partial charge in [-0.25, -0.2) is 18.1 Å². The minimum absolute atomic E-state index is 0.0544. The second-order valence-electron chi connectivity index (χ2n) is 5.41. The van der Waals surface area contributed by atoms with Crippen LogP contribution in [0.3, 0.4) is 0 Å². The smallest absolute Gasteiger partial charge is 0.275 e. The summed E-state index contributed by atoms with van der Waals surface area (Å²) in [4.78, 5) is 16.4. The number of carbonyl (C=O) groups is 1. The molecule has 1 aromatic heterocycles. The summed E-state index contributed by atoms with van der Waals surface area (Å²) in [6.45, 7) is 6.99. The van der Waals surface area contributed by atoms with Crippen LogP contribution in [0.15, 0.2) is 28.5 Å². The Morgan fingerprint density at radius 3 is 2.58 bits per heavy atom. The third-order valence-corrected chi connectivity index (χ3v) is 6.30. The molecule has 0 saturated carbocycles. The Labute approximate surface area is 145 Å². The number of aryl methyl sites for hydroxylation is 3. The first-order chi connectivity index (χ1) is 11.2. The first-order valence-corrected chi connectivity index (χ1v) is 9.77. The van der Waals surface area contributed by atoms with Gasteiger partial charge in [-0.05, 0) is 44.9 Å². The molecular formula is C16H20N2O4S2. The second-order valence-corrected chi connectivity index (χ2v) is 8.49. The summed E-state index contributed by atoms with van der Waals surface area (Å²) in [6.07, 6.45) is -0.549. The van der Waals surface area contributed by atoms with Gasteiger partial charge in [0, 0.05) is 0 Å². The number of nitrogens with one attached hydrogen (secondary N) is 1. The molecule has 130 valence electrons. The highest BCUT2D eigenvalue weighted by atomic mass is 32.2. The van der Waals surface area contributed by atoms with E-state index in [4.69, 9.17) is 4.74 Å². The van der Waals surface area contributed by atoms with Crippen molar-refractivity contribution in [3.05, 3.63) is 40.5 Å². The van der Waals surface area contributed by atoms with Crippen LogP contribution in [-0.4, -0.2) is 25.4 Å². The van der Waals surface area contributed by atoms with E-state index in [0.29, 0.717) is 22.9 Å². The van der Waals surface area contributed by atoms with Gasteiger partial charge in [0.05, 0.1) is 10.7 Å². The normalized spacial score (nSPS) is 12.7. The van der Waals surface area contributed by atoms with Crippen LogP contribution in [0.2, 0.25) is 0 Å². The van der Waals surface area contributed by atoms with Gasteiger partial charge in [0.15, 0.2) is 10.3 Å². The summed E-state index contributed by atoms with van der Waals surface area (Å²) in [5.74, 6) is -0.163. The molecule has 0 fully saturated rings. The highest BCUT2D eigenvalue weighted by Crippen LogP contribution is 2.23. The van der Waals surface area contributed by atoms with Gasteiger partial charge in [0.25, 0.3) is 15.9 Å². The zero-order chi connectivity index (χ0) is 17.9. The third kappa shape index (κ3) is 4.33. The van der Waals surface area contributed by atoms with Gasteiger partial charge in [-0.15, -0.1) is 11.3 Å². The Balaban J connectivity index is 2.15. The highest BCUT2D eigenvalue weighted by molar-refractivity contribution is 7.92. The largest absolute Gasteiger partial charge is 0.481 e. The summed E-state index contributed by atoms with van der Waals surface area (Å²) in [5.41, 5.74) is 1.37. The summed E-state index contributed by atoms with van der Waals surface area (Å²) in [7, 11) is -3.95. The lowest BCUT2D eigenvalue weighted by atomic mass is 10.2. The molecule has 1 amide bonds. The number of hydrogen-bond donors (Lipinski definition) is 1. The predicted octanol–water partition coefficient (Wildman–Crippen LogP) is 2.73. The minimum Gasteiger partial charge on any atom is -0.481 e. The molecule has 1 aromatic carbocycles. The molecule has 2 aromatic rings. The zero-order valence-corrected chi connectivity index (χ0v) is 15.6. The first kappa shape index (κ1) is 18.4. The number of sulfonamides is 1. The fraction of sp³-hybridized carbons (Fsp3) is 0.375. The van der Waals surface area contributed by atoms with Crippen molar-refractivity contribution in [2.24, 2.45) is 0 Å². The average Bonchev–Trinajstić information content (AvgIpc) is 2.84. The lowest BCUT2D eigenvalue weighted by molar-refractivity contribution is -0.126. The maximum Gasteiger partial charge on any atom is 0.275 e. The molecule has 0 radical (unpaired) electrons. The molecule has 0 aliphatic carbocycles. The van der Waals surface area contributed by atoms with Crippen LogP contribution in [0.25, 0.3) is 0 Å². The first-order valence-electron chi connectivity index (χ1n) is 7.47. The molecule has 0 spiro atoms. The molecule has 1 N–H and O–H groups in total. The highest BCUT2D eigenvalue weighted by Gasteiger charge is 2.28. The SMILES string of the molecule is CC[C@@H](Oc1cccc(C)c1)C(=O)NS(=O)(=O)c1sc(C)nc1C. The molecule has 1 heterocycles. The van der Waals surface area contributed by atoms with Gasteiger partial charge in [-0.2, -0.15) is 0 Å². The molecular weight excluding hydrogens is 348 g/mol. The maximum atomic E-state index is 12.4. The summed E-state index contributed by atoms with van der Waals surface area (Å²) < 4.78 is 32.6. The van der Waals surface area contributed by atoms with Crippen LogP contribution >= 0.6 is 11.3 Å². The topological polar surface area (TPSA) is 85.4 Å². The predicted molar refractivity (Wildman–Crippen MR) is 92.8 cm³/mol. The molecule has 0 unspecified atom stereocenters. The molecule has 2 rings (SSSR count). The molecule has 0 aliphatic heterocycles. The average molecular weight is 368 g/mol. The van der Waals surface area contributed by atoms with Gasteiger partial charge in [0.2, 0.25) is 0 Å². The molecule has 24 heavy (non-hydrogen) atoms. The van der Waals surface area contributed by atoms with Gasteiger partial charge in [0.1, 0.15) is 5.75 Å². The Morgan fingerprint density at radius 1 is 1.33 bits per heavy atom. The van der Waals surface area contributed by atoms with E-state index in [2.05, 4.69) is 9.71 Å². The standard InChI is InChI=1S/C16H20N2O4S2/c1-5-14(22-13-8-6-7-10(2)9-13)15(19)18-24(20,21)16-11(3)17-12(4)23-16/h6-9,14H,5H2,1-4H3,(H,18,19)/t14-/m1/s1. The minimum atomic E-state index is -3.95. The van der Waals surface area contributed by atoms with Crippen LogP contribution in [0.1, 0.15) is 29.6 Å². The summed E-state index contributed by atoms with van der Waals surface area (Å²) >= 11 is 1.03. The number of rotatable bonds is 6. The van der Waals surface area contributed by atoms with E-state index in [9.17, 15) is 13.2 Å². The van der Waals surface area contributed by atoms with E-state index >= 15 is 0 Å². The number of carbonyl (C=O) groups excluding carboxylic acids is 1. The molecule has 0 bridgehead atoms. The van der Waals surface area contributed by atoms with Gasteiger partial charge >= 0.3 is 0 Å². The van der Waals surface area contributed by atoms with Gasteiger partial charge < -0.3 is 4.74 Å². The number of benzene rings is 1. The Kier molecular flexibility index (Phi) is 5.61. The zero-order valence-electron chi connectivity index (χ0n) is 14.0. The second kappa shape index (κ2) is 7.31. The van der Waals surface area contributed by atoms with E-state index in [1.165, 1.54) is 0 Å². The van der Waals surface area contributed by atoms with Crippen molar-refractivity contribution in [1.82, 2.24) is 9.71 Å². The molecule has 1 atom stereocenters. The number of amides is 1. The number of nitrogens with zero attached hydrogens (tertiary/aromatic N) is 1.